The SMILES string of the molecule is COc1cc([C@@H]2C[C@@H](O)C[C@H](CCc3ccc(O)c(OCNC[C@H](C)O)c3)O2)cc(OC[C@H]2N[C@@H](C)CC[C@@H]2CC2=CCNC(N)=C2)c1O. The van der Waals surface area contributed by atoms with Gasteiger partial charge >= 0.3 is 0 Å². The maximum Gasteiger partial charge on any atom is 0.200 e. The van der Waals surface area contributed by atoms with E-state index in [0.29, 0.717) is 68.1 Å². The van der Waals surface area contributed by atoms with E-state index >= 15 is 0 Å². The van der Waals surface area contributed by atoms with Gasteiger partial charge in [0.1, 0.15) is 13.3 Å². The number of aryl methyl sites for hydroxylation is 1. The Labute approximate surface area is 289 Å². The Bertz CT molecular complexity index is 1450. The van der Waals surface area contributed by atoms with Gasteiger partial charge in [-0.3, -0.25) is 5.32 Å². The first-order chi connectivity index (χ1) is 23.6. The summed E-state index contributed by atoms with van der Waals surface area (Å²) in [6.45, 7) is 5.49. The number of piperidine rings is 1. The van der Waals surface area contributed by atoms with E-state index in [1.54, 1.807) is 31.2 Å². The van der Waals surface area contributed by atoms with E-state index in [0.717, 1.165) is 36.9 Å². The maximum atomic E-state index is 11.1. The topological polar surface area (TPSA) is 180 Å². The van der Waals surface area contributed by atoms with Crippen LogP contribution in [0, 0.1) is 5.92 Å². The molecule has 0 saturated carbocycles. The number of methoxy groups -OCH3 is 1. The molecule has 12 nitrogen and oxygen atoms in total. The lowest BCUT2D eigenvalue weighted by molar-refractivity contribution is -0.0999. The zero-order valence-corrected chi connectivity index (χ0v) is 28.9. The summed E-state index contributed by atoms with van der Waals surface area (Å²) in [6, 6.07) is 9.23. The third kappa shape index (κ3) is 10.4. The number of aromatic hydroxyl groups is 2. The number of benzene rings is 2. The Morgan fingerprint density at radius 2 is 1.90 bits per heavy atom. The van der Waals surface area contributed by atoms with Crippen LogP contribution in [0.15, 0.2) is 53.9 Å². The third-order valence-electron chi connectivity index (χ3n) is 9.55. The molecule has 2 saturated heterocycles. The molecule has 5 rings (SSSR count). The smallest absolute Gasteiger partial charge is 0.200 e. The van der Waals surface area contributed by atoms with E-state index in [-0.39, 0.29) is 36.1 Å². The Morgan fingerprint density at radius 3 is 2.67 bits per heavy atom. The monoisotopic (exact) mass is 682 g/mol. The van der Waals surface area contributed by atoms with Gasteiger partial charge in [0.15, 0.2) is 23.0 Å². The second-order valence-electron chi connectivity index (χ2n) is 13.7. The fourth-order valence-corrected chi connectivity index (χ4v) is 6.91. The quantitative estimate of drug-likeness (QED) is 0.101. The van der Waals surface area contributed by atoms with Crippen molar-refractivity contribution >= 4 is 0 Å². The highest BCUT2D eigenvalue weighted by Crippen LogP contribution is 2.43. The molecule has 2 aromatic carbocycles. The van der Waals surface area contributed by atoms with Crippen molar-refractivity contribution in [3.63, 3.8) is 0 Å². The number of phenolic OH excluding ortho intramolecular Hbond substituents is 2. The molecule has 0 aliphatic carbocycles. The Balaban J connectivity index is 1.23. The normalized spacial score (nSPS) is 26.2. The molecule has 12 heteroatoms. The number of nitrogens with two attached hydrogens (primary N) is 1. The zero-order valence-electron chi connectivity index (χ0n) is 28.9. The molecule has 0 unspecified atom stereocenters. The molecule has 49 heavy (non-hydrogen) atoms. The van der Waals surface area contributed by atoms with Gasteiger partial charge in [0.2, 0.25) is 5.75 Å². The minimum absolute atomic E-state index is 0.0390. The van der Waals surface area contributed by atoms with Crippen LogP contribution in [0.3, 0.4) is 0 Å². The number of aliphatic hydroxyl groups is 2. The maximum absolute atomic E-state index is 11.1. The van der Waals surface area contributed by atoms with Gasteiger partial charge < -0.3 is 55.7 Å². The largest absolute Gasteiger partial charge is 0.504 e. The molecule has 0 radical (unpaired) electrons. The zero-order chi connectivity index (χ0) is 34.9. The summed E-state index contributed by atoms with van der Waals surface area (Å²) >= 11 is 0. The van der Waals surface area contributed by atoms with Gasteiger partial charge in [0.25, 0.3) is 0 Å². The number of phenols is 2. The fraction of sp³-hybridized carbons (Fsp3) is 0.568. The number of hydrogen-bond donors (Lipinski definition) is 8. The van der Waals surface area contributed by atoms with Crippen LogP contribution in [-0.2, 0) is 11.2 Å². The van der Waals surface area contributed by atoms with Gasteiger partial charge in [-0.15, -0.1) is 0 Å². The lowest BCUT2D eigenvalue weighted by Crippen LogP contribution is -2.49. The van der Waals surface area contributed by atoms with Crippen LogP contribution in [0.25, 0.3) is 0 Å². The van der Waals surface area contributed by atoms with Gasteiger partial charge in [-0.25, -0.2) is 0 Å². The highest BCUT2D eigenvalue weighted by Gasteiger charge is 2.32. The second-order valence-corrected chi connectivity index (χ2v) is 13.7. The molecule has 0 spiro atoms. The molecule has 9 N–H and O–H groups in total. The first-order valence-corrected chi connectivity index (χ1v) is 17.4. The predicted molar refractivity (Wildman–Crippen MR) is 187 cm³/mol. The number of allylic oxidation sites excluding steroid dienone is 2. The predicted octanol–water partition coefficient (Wildman–Crippen LogP) is 3.48. The van der Waals surface area contributed by atoms with Crippen molar-refractivity contribution in [1.29, 1.82) is 0 Å². The van der Waals surface area contributed by atoms with Crippen LogP contribution >= 0.6 is 0 Å². The van der Waals surface area contributed by atoms with Crippen molar-refractivity contribution in [2.75, 3.05) is 33.5 Å². The number of ether oxygens (including phenoxy) is 4. The summed E-state index contributed by atoms with van der Waals surface area (Å²) in [5.74, 6) is 1.96. The third-order valence-corrected chi connectivity index (χ3v) is 9.55. The standard InChI is InChI=1S/C37H54N4O8/c1-22-4-7-26(12-25-10-11-40-36(38)14-25)30(41-22)20-47-35-16-27(15-34(46-3)37(35)45)32-18-28(43)17-29(49-32)8-5-24-6-9-31(44)33(13-24)48-21-39-19-23(2)42/h6,9-10,13-16,22-23,26,28-30,32,39-45H,4-5,7-8,11-12,17-21,38H2,1-3H3/t22-,23-,26+,28-,29-,30+,32-/m0/s1. The van der Waals surface area contributed by atoms with Gasteiger partial charge in [-0.1, -0.05) is 12.1 Å². The Morgan fingerprint density at radius 1 is 1.08 bits per heavy atom. The summed E-state index contributed by atoms with van der Waals surface area (Å²) in [5.41, 5.74) is 8.97. The van der Waals surface area contributed by atoms with Crippen molar-refractivity contribution in [3.8, 4) is 28.7 Å². The molecule has 0 aromatic heterocycles. The van der Waals surface area contributed by atoms with E-state index in [4.69, 9.17) is 24.7 Å². The summed E-state index contributed by atoms with van der Waals surface area (Å²) in [4.78, 5) is 0. The fourth-order valence-electron chi connectivity index (χ4n) is 6.91. The van der Waals surface area contributed by atoms with Gasteiger partial charge in [-0.2, -0.15) is 0 Å². The summed E-state index contributed by atoms with van der Waals surface area (Å²) in [7, 11) is 1.51. The molecule has 0 bridgehead atoms. The molecule has 3 heterocycles. The van der Waals surface area contributed by atoms with Crippen LogP contribution in [0.1, 0.15) is 69.6 Å². The molecule has 3 aliphatic heterocycles. The van der Waals surface area contributed by atoms with Crippen LogP contribution in [-0.4, -0.2) is 84.4 Å². The highest BCUT2D eigenvalue weighted by atomic mass is 16.5. The number of hydrogen-bond acceptors (Lipinski definition) is 12. The Kier molecular flexibility index (Phi) is 12.9. The van der Waals surface area contributed by atoms with Crippen LogP contribution in [0.4, 0.5) is 0 Å². The van der Waals surface area contributed by atoms with Crippen molar-refractivity contribution in [3.05, 3.63) is 65.0 Å². The summed E-state index contributed by atoms with van der Waals surface area (Å²) in [6.07, 6.45) is 7.71. The highest BCUT2D eigenvalue weighted by molar-refractivity contribution is 5.53. The molecule has 3 aliphatic rings. The van der Waals surface area contributed by atoms with Gasteiger partial charge in [0.05, 0.1) is 37.3 Å². The number of aliphatic hydroxyl groups excluding tert-OH is 2. The van der Waals surface area contributed by atoms with Crippen molar-refractivity contribution in [2.24, 2.45) is 11.7 Å². The number of dihydropyridines is 1. The first-order valence-electron chi connectivity index (χ1n) is 17.4. The van der Waals surface area contributed by atoms with E-state index in [2.05, 4.69) is 29.0 Å². The lowest BCUT2D eigenvalue weighted by Gasteiger charge is -2.37. The van der Waals surface area contributed by atoms with Crippen LogP contribution in [0.5, 0.6) is 28.7 Å². The summed E-state index contributed by atoms with van der Waals surface area (Å²) < 4.78 is 24.1. The molecule has 0 amide bonds. The van der Waals surface area contributed by atoms with E-state index in [1.807, 2.05) is 12.1 Å². The minimum atomic E-state index is -0.562. The average molecular weight is 683 g/mol. The molecule has 2 aromatic rings. The molecular weight excluding hydrogens is 628 g/mol. The average Bonchev–Trinajstić information content (AvgIpc) is 3.07. The van der Waals surface area contributed by atoms with E-state index in [9.17, 15) is 20.4 Å². The summed E-state index contributed by atoms with van der Waals surface area (Å²) in [5, 5.41) is 51.4. The molecular formula is C37H54N4O8. The molecule has 2 fully saturated rings. The van der Waals surface area contributed by atoms with Gasteiger partial charge in [0, 0.05) is 31.6 Å². The van der Waals surface area contributed by atoms with Crippen molar-refractivity contribution in [1.82, 2.24) is 16.0 Å². The Hall–Kier alpha value is -3.68. The van der Waals surface area contributed by atoms with E-state index in [1.165, 1.54) is 12.7 Å². The first kappa shape index (κ1) is 36.6. The lowest BCUT2D eigenvalue weighted by atomic mass is 9.83. The van der Waals surface area contributed by atoms with E-state index < -0.39 is 18.3 Å². The van der Waals surface area contributed by atoms with Crippen molar-refractivity contribution in [2.45, 2.75) is 95.3 Å². The van der Waals surface area contributed by atoms with Crippen LogP contribution < -0.4 is 35.9 Å². The van der Waals surface area contributed by atoms with Gasteiger partial charge in [-0.05, 0) is 105 Å². The minimum Gasteiger partial charge on any atom is -0.504 e. The van der Waals surface area contributed by atoms with Crippen LogP contribution in [0.2, 0.25) is 0 Å². The number of rotatable bonds is 15. The van der Waals surface area contributed by atoms with Crippen molar-refractivity contribution < 1.29 is 39.4 Å². The number of nitrogens with one attached hydrogen (secondary N) is 3. The second kappa shape index (κ2) is 17.3. The molecule has 7 atom stereocenters. The molecule has 270 valence electrons.